The fraction of sp³-hybridized carbons (Fsp3) is 0.0667. The number of urea groups is 1. The van der Waals surface area contributed by atoms with Gasteiger partial charge in [0.15, 0.2) is 0 Å². The Balaban J connectivity index is 1.78. The van der Waals surface area contributed by atoms with Crippen molar-refractivity contribution in [3.63, 3.8) is 0 Å². The highest BCUT2D eigenvalue weighted by molar-refractivity contribution is 5.75. The summed E-state index contributed by atoms with van der Waals surface area (Å²) in [5.41, 5.74) is 1.64. The van der Waals surface area contributed by atoms with Crippen LogP contribution in [0.3, 0.4) is 0 Å². The van der Waals surface area contributed by atoms with Crippen LogP contribution in [0.4, 0.5) is 9.18 Å². The van der Waals surface area contributed by atoms with Gasteiger partial charge in [0, 0.05) is 25.1 Å². The van der Waals surface area contributed by atoms with E-state index in [2.05, 4.69) is 15.6 Å². The molecule has 0 aliphatic heterocycles. The van der Waals surface area contributed by atoms with E-state index in [1.54, 1.807) is 30.6 Å². The third kappa shape index (κ3) is 4.53. The average molecular weight is 271 g/mol. The third-order valence-electron chi connectivity index (χ3n) is 2.54. The SMILES string of the molecule is O=C(N/C=C/c1cccc(F)c1)NCc1ccncc1. The molecule has 0 aliphatic rings. The zero-order valence-electron chi connectivity index (χ0n) is 10.7. The molecule has 5 heteroatoms. The van der Waals surface area contributed by atoms with Crippen LogP contribution in [-0.2, 0) is 6.54 Å². The lowest BCUT2D eigenvalue weighted by Gasteiger charge is -2.04. The number of nitrogens with zero attached hydrogens (tertiary/aromatic N) is 1. The van der Waals surface area contributed by atoms with E-state index in [9.17, 15) is 9.18 Å². The second-order valence-electron chi connectivity index (χ2n) is 4.07. The zero-order chi connectivity index (χ0) is 14.2. The minimum Gasteiger partial charge on any atom is -0.334 e. The number of amides is 2. The summed E-state index contributed by atoms with van der Waals surface area (Å²) in [4.78, 5) is 15.4. The molecule has 4 nitrogen and oxygen atoms in total. The summed E-state index contributed by atoms with van der Waals surface area (Å²) >= 11 is 0. The van der Waals surface area contributed by atoms with E-state index in [4.69, 9.17) is 0 Å². The summed E-state index contributed by atoms with van der Waals surface area (Å²) in [6.45, 7) is 0.419. The number of nitrogens with one attached hydrogen (secondary N) is 2. The highest BCUT2D eigenvalue weighted by Crippen LogP contribution is 2.04. The maximum absolute atomic E-state index is 12.9. The number of benzene rings is 1. The minimum absolute atomic E-state index is 0.311. The molecule has 0 atom stereocenters. The number of carbonyl (C=O) groups is 1. The van der Waals surface area contributed by atoms with Gasteiger partial charge < -0.3 is 10.6 Å². The Hall–Kier alpha value is -2.69. The molecule has 0 saturated carbocycles. The predicted octanol–water partition coefficient (Wildman–Crippen LogP) is 2.69. The molecule has 0 unspecified atom stereocenters. The maximum atomic E-state index is 12.9. The van der Waals surface area contributed by atoms with Crippen LogP contribution in [0.25, 0.3) is 6.08 Å². The number of rotatable bonds is 4. The quantitative estimate of drug-likeness (QED) is 0.898. The van der Waals surface area contributed by atoms with E-state index in [0.29, 0.717) is 12.1 Å². The molecule has 0 aliphatic carbocycles. The van der Waals surface area contributed by atoms with Crippen LogP contribution in [0.2, 0.25) is 0 Å². The highest BCUT2D eigenvalue weighted by Gasteiger charge is 1.97. The van der Waals surface area contributed by atoms with E-state index in [0.717, 1.165) is 5.56 Å². The predicted molar refractivity (Wildman–Crippen MR) is 75.0 cm³/mol. The number of carbonyl (C=O) groups excluding carboxylic acids is 1. The van der Waals surface area contributed by atoms with Crippen molar-refractivity contribution < 1.29 is 9.18 Å². The molecule has 0 radical (unpaired) electrons. The van der Waals surface area contributed by atoms with Crippen LogP contribution in [0.1, 0.15) is 11.1 Å². The van der Waals surface area contributed by atoms with E-state index >= 15 is 0 Å². The summed E-state index contributed by atoms with van der Waals surface area (Å²) < 4.78 is 12.9. The molecule has 2 rings (SSSR count). The number of hydrogen-bond donors (Lipinski definition) is 2. The lowest BCUT2D eigenvalue weighted by atomic mass is 10.2. The largest absolute Gasteiger partial charge is 0.334 e. The molecule has 102 valence electrons. The van der Waals surface area contributed by atoms with Gasteiger partial charge in [-0.2, -0.15) is 0 Å². The fourth-order valence-corrected chi connectivity index (χ4v) is 1.56. The molecule has 1 aromatic carbocycles. The molecule has 0 fully saturated rings. The summed E-state index contributed by atoms with van der Waals surface area (Å²) in [5.74, 6) is -0.311. The van der Waals surface area contributed by atoms with Crippen LogP contribution in [0.5, 0.6) is 0 Å². The average Bonchev–Trinajstić information content (AvgIpc) is 2.46. The molecule has 0 spiro atoms. The monoisotopic (exact) mass is 271 g/mol. The van der Waals surface area contributed by atoms with Gasteiger partial charge in [0.1, 0.15) is 5.82 Å². The highest BCUT2D eigenvalue weighted by atomic mass is 19.1. The van der Waals surface area contributed by atoms with Crippen molar-refractivity contribution in [1.29, 1.82) is 0 Å². The van der Waals surface area contributed by atoms with Crippen LogP contribution in [-0.4, -0.2) is 11.0 Å². The second-order valence-corrected chi connectivity index (χ2v) is 4.07. The third-order valence-corrected chi connectivity index (χ3v) is 2.54. The van der Waals surface area contributed by atoms with Crippen LogP contribution in [0, 0.1) is 5.82 Å². The van der Waals surface area contributed by atoms with Crippen molar-refractivity contribution in [2.45, 2.75) is 6.54 Å². The van der Waals surface area contributed by atoms with Gasteiger partial charge in [0.05, 0.1) is 0 Å². The first-order chi connectivity index (χ1) is 9.74. The number of pyridine rings is 1. The van der Waals surface area contributed by atoms with Gasteiger partial charge in [-0.25, -0.2) is 9.18 Å². The van der Waals surface area contributed by atoms with Crippen molar-refractivity contribution in [3.8, 4) is 0 Å². The number of aromatic nitrogens is 1. The summed E-state index contributed by atoms with van der Waals surface area (Å²) in [7, 11) is 0. The molecule has 2 aromatic rings. The molecule has 2 amide bonds. The molecule has 0 saturated heterocycles. The molecular weight excluding hydrogens is 257 g/mol. The van der Waals surface area contributed by atoms with E-state index in [1.165, 1.54) is 18.3 Å². The minimum atomic E-state index is -0.325. The lowest BCUT2D eigenvalue weighted by Crippen LogP contribution is -2.31. The normalized spacial score (nSPS) is 10.4. The molecular formula is C15H14FN3O. The maximum Gasteiger partial charge on any atom is 0.319 e. The van der Waals surface area contributed by atoms with Crippen LogP contribution in [0.15, 0.2) is 55.0 Å². The Morgan fingerprint density at radius 2 is 2.05 bits per heavy atom. The Bertz CT molecular complexity index is 599. The van der Waals surface area contributed by atoms with Crippen molar-refractivity contribution in [3.05, 3.63) is 71.9 Å². The smallest absolute Gasteiger partial charge is 0.319 e. The topological polar surface area (TPSA) is 54.0 Å². The van der Waals surface area contributed by atoms with E-state index in [-0.39, 0.29) is 11.8 Å². The second kappa shape index (κ2) is 7.04. The van der Waals surface area contributed by atoms with E-state index < -0.39 is 0 Å². The van der Waals surface area contributed by atoms with Gasteiger partial charge in [-0.15, -0.1) is 0 Å². The Morgan fingerprint density at radius 3 is 2.80 bits per heavy atom. The summed E-state index contributed by atoms with van der Waals surface area (Å²) in [6.07, 6.45) is 6.42. The van der Waals surface area contributed by atoms with Gasteiger partial charge in [-0.05, 0) is 41.5 Å². The fourth-order valence-electron chi connectivity index (χ4n) is 1.56. The molecule has 1 aromatic heterocycles. The van der Waals surface area contributed by atoms with Gasteiger partial charge in [-0.1, -0.05) is 12.1 Å². The van der Waals surface area contributed by atoms with Crippen molar-refractivity contribution in [2.75, 3.05) is 0 Å². The zero-order valence-corrected chi connectivity index (χ0v) is 10.7. The van der Waals surface area contributed by atoms with Crippen molar-refractivity contribution >= 4 is 12.1 Å². The number of halogens is 1. The first-order valence-corrected chi connectivity index (χ1v) is 6.09. The molecule has 1 heterocycles. The molecule has 2 N–H and O–H groups in total. The first kappa shape index (κ1) is 13.7. The van der Waals surface area contributed by atoms with E-state index in [1.807, 2.05) is 12.1 Å². The van der Waals surface area contributed by atoms with Crippen LogP contribution < -0.4 is 10.6 Å². The molecule has 0 bridgehead atoms. The standard InChI is InChI=1S/C15H14FN3O/c16-14-3-1-2-12(10-14)6-9-18-15(20)19-11-13-4-7-17-8-5-13/h1-10H,11H2,(H2,18,19,20)/b9-6+. The first-order valence-electron chi connectivity index (χ1n) is 6.09. The van der Waals surface area contributed by atoms with Gasteiger partial charge in [0.25, 0.3) is 0 Å². The Labute approximate surface area is 116 Å². The van der Waals surface area contributed by atoms with Gasteiger partial charge >= 0.3 is 6.03 Å². The summed E-state index contributed by atoms with van der Waals surface area (Å²) in [5, 5.41) is 5.25. The molecule has 20 heavy (non-hydrogen) atoms. The van der Waals surface area contributed by atoms with Crippen molar-refractivity contribution in [1.82, 2.24) is 15.6 Å². The van der Waals surface area contributed by atoms with Gasteiger partial charge in [0.2, 0.25) is 0 Å². The van der Waals surface area contributed by atoms with Gasteiger partial charge in [-0.3, -0.25) is 4.98 Å². The summed E-state index contributed by atoms with van der Waals surface area (Å²) in [6, 6.07) is 9.43. The Morgan fingerprint density at radius 1 is 1.25 bits per heavy atom. The number of hydrogen-bond acceptors (Lipinski definition) is 2. The Kier molecular flexibility index (Phi) is 4.83. The van der Waals surface area contributed by atoms with Crippen LogP contribution >= 0.6 is 0 Å². The van der Waals surface area contributed by atoms with Crippen molar-refractivity contribution in [2.24, 2.45) is 0 Å². The lowest BCUT2D eigenvalue weighted by molar-refractivity contribution is 0.244.